The van der Waals surface area contributed by atoms with E-state index >= 15 is 0 Å². The molecule has 0 radical (unpaired) electrons. The van der Waals surface area contributed by atoms with Gasteiger partial charge in [-0.25, -0.2) is 4.39 Å². The number of hydrogen-bond acceptors (Lipinski definition) is 5. The van der Waals surface area contributed by atoms with Crippen molar-refractivity contribution in [3.05, 3.63) is 41.3 Å². The van der Waals surface area contributed by atoms with Crippen molar-refractivity contribution >= 4 is 17.4 Å². The molecule has 2 amide bonds. The largest absolute Gasteiger partial charge is 0.396 e. The van der Waals surface area contributed by atoms with Crippen molar-refractivity contribution in [1.29, 1.82) is 0 Å². The molecular weight excluding hydrogens is 339 g/mol. The highest BCUT2D eigenvalue weighted by Gasteiger charge is 2.42. The minimum Gasteiger partial charge on any atom is -0.396 e. The Morgan fingerprint density at radius 3 is 2.62 bits per heavy atom. The van der Waals surface area contributed by atoms with E-state index in [1.54, 1.807) is 0 Å². The first-order valence-corrected chi connectivity index (χ1v) is 8.78. The van der Waals surface area contributed by atoms with Gasteiger partial charge in [0, 0.05) is 26.8 Å². The van der Waals surface area contributed by atoms with E-state index in [1.807, 2.05) is 4.90 Å². The van der Waals surface area contributed by atoms with Crippen molar-refractivity contribution in [3.8, 4) is 0 Å². The molecule has 140 valence electrons. The summed E-state index contributed by atoms with van der Waals surface area (Å²) in [5.41, 5.74) is 1.16. The maximum absolute atomic E-state index is 13.3. The average Bonchev–Trinajstić information content (AvgIpc) is 2.91. The highest BCUT2D eigenvalue weighted by atomic mass is 19.1. The van der Waals surface area contributed by atoms with Crippen LogP contribution in [0.2, 0.25) is 0 Å². The molecule has 2 aliphatic rings. The zero-order valence-corrected chi connectivity index (χ0v) is 14.8. The van der Waals surface area contributed by atoms with E-state index in [-0.39, 0.29) is 37.5 Å². The number of aliphatic hydroxyl groups is 1. The molecule has 0 spiro atoms. The van der Waals surface area contributed by atoms with Gasteiger partial charge in [0.2, 0.25) is 0 Å². The SMILES string of the molecule is COCCN1C(=O)C(c2ccc(F)cc2)=C(N2CCCC(CO)C2)C1=O. The fourth-order valence-electron chi connectivity index (χ4n) is 3.54. The van der Waals surface area contributed by atoms with Crippen LogP contribution in [0.3, 0.4) is 0 Å². The average molecular weight is 362 g/mol. The highest BCUT2D eigenvalue weighted by Crippen LogP contribution is 2.33. The molecule has 7 heteroatoms. The quantitative estimate of drug-likeness (QED) is 0.772. The molecule has 1 saturated heterocycles. The Bertz CT molecular complexity index is 717. The van der Waals surface area contributed by atoms with E-state index in [1.165, 1.54) is 36.3 Å². The number of likely N-dealkylation sites (tertiary alicyclic amines) is 1. The number of nitrogens with zero attached hydrogens (tertiary/aromatic N) is 2. The number of amides is 2. The molecule has 26 heavy (non-hydrogen) atoms. The number of carbonyl (C=O) groups is 2. The number of rotatable bonds is 6. The fraction of sp³-hybridized carbons (Fsp3) is 0.474. The van der Waals surface area contributed by atoms with E-state index in [0.29, 0.717) is 29.9 Å². The van der Waals surface area contributed by atoms with Crippen molar-refractivity contribution in [1.82, 2.24) is 9.80 Å². The lowest BCUT2D eigenvalue weighted by Crippen LogP contribution is -2.41. The maximum atomic E-state index is 13.3. The summed E-state index contributed by atoms with van der Waals surface area (Å²) in [6.45, 7) is 1.63. The summed E-state index contributed by atoms with van der Waals surface area (Å²) < 4.78 is 18.3. The van der Waals surface area contributed by atoms with Gasteiger partial charge in [-0.2, -0.15) is 0 Å². The smallest absolute Gasteiger partial charge is 0.277 e. The number of hydrogen-bond donors (Lipinski definition) is 1. The number of benzene rings is 1. The normalized spacial score (nSPS) is 21.1. The number of halogens is 1. The number of piperidine rings is 1. The van der Waals surface area contributed by atoms with Crippen LogP contribution in [0, 0.1) is 11.7 Å². The summed E-state index contributed by atoms with van der Waals surface area (Å²) in [6, 6.07) is 5.59. The Kier molecular flexibility index (Phi) is 5.68. The summed E-state index contributed by atoms with van der Waals surface area (Å²) in [5, 5.41) is 9.49. The van der Waals surface area contributed by atoms with Gasteiger partial charge < -0.3 is 14.7 Å². The van der Waals surface area contributed by atoms with Crippen molar-refractivity contribution in [2.24, 2.45) is 5.92 Å². The molecule has 2 heterocycles. The first-order valence-electron chi connectivity index (χ1n) is 8.78. The lowest BCUT2D eigenvalue weighted by atomic mass is 9.97. The monoisotopic (exact) mass is 362 g/mol. The van der Waals surface area contributed by atoms with Crippen molar-refractivity contribution in [2.45, 2.75) is 12.8 Å². The Hall–Kier alpha value is -2.25. The minimum absolute atomic E-state index is 0.0468. The van der Waals surface area contributed by atoms with Crippen LogP contribution in [-0.2, 0) is 14.3 Å². The Morgan fingerprint density at radius 1 is 1.23 bits per heavy atom. The number of ether oxygens (including phenoxy) is 1. The van der Waals surface area contributed by atoms with Gasteiger partial charge in [0.05, 0.1) is 18.7 Å². The lowest BCUT2D eigenvalue weighted by Gasteiger charge is -2.34. The van der Waals surface area contributed by atoms with Crippen LogP contribution in [0.15, 0.2) is 30.0 Å². The van der Waals surface area contributed by atoms with Crippen LogP contribution < -0.4 is 0 Å². The Morgan fingerprint density at radius 2 is 1.96 bits per heavy atom. The molecule has 2 aliphatic heterocycles. The van der Waals surface area contributed by atoms with E-state index < -0.39 is 5.82 Å². The third kappa shape index (κ3) is 3.50. The van der Waals surface area contributed by atoms with Crippen LogP contribution in [-0.4, -0.2) is 66.7 Å². The first-order chi connectivity index (χ1) is 12.6. The predicted octanol–water partition coefficient (Wildman–Crippen LogP) is 1.26. The standard InChI is InChI=1S/C19H23FN2O4/c1-26-10-9-22-18(24)16(14-4-6-15(20)7-5-14)17(19(22)25)21-8-2-3-13(11-21)12-23/h4-7,13,23H,2-3,8-12H2,1H3. The van der Waals surface area contributed by atoms with Crippen LogP contribution in [0.4, 0.5) is 4.39 Å². The number of methoxy groups -OCH3 is 1. The van der Waals surface area contributed by atoms with E-state index in [0.717, 1.165) is 12.8 Å². The Balaban J connectivity index is 2.01. The van der Waals surface area contributed by atoms with Gasteiger partial charge in [0.15, 0.2) is 0 Å². The third-order valence-corrected chi connectivity index (χ3v) is 4.89. The van der Waals surface area contributed by atoms with Crippen LogP contribution in [0.1, 0.15) is 18.4 Å². The highest BCUT2D eigenvalue weighted by molar-refractivity contribution is 6.35. The van der Waals surface area contributed by atoms with Gasteiger partial charge in [-0.3, -0.25) is 14.5 Å². The van der Waals surface area contributed by atoms with Gasteiger partial charge >= 0.3 is 0 Å². The van der Waals surface area contributed by atoms with Gasteiger partial charge in [0.25, 0.3) is 11.8 Å². The summed E-state index contributed by atoms with van der Waals surface area (Å²) in [5.74, 6) is -1.08. The molecule has 1 atom stereocenters. The number of carbonyl (C=O) groups excluding carboxylic acids is 2. The fourth-order valence-corrected chi connectivity index (χ4v) is 3.54. The van der Waals surface area contributed by atoms with Crippen LogP contribution in [0.25, 0.3) is 5.57 Å². The molecule has 1 aromatic rings. The lowest BCUT2D eigenvalue weighted by molar-refractivity contribution is -0.138. The molecule has 1 fully saturated rings. The Labute approximate surface area is 151 Å². The van der Waals surface area contributed by atoms with E-state index in [4.69, 9.17) is 4.74 Å². The third-order valence-electron chi connectivity index (χ3n) is 4.89. The van der Waals surface area contributed by atoms with Gasteiger partial charge in [-0.05, 0) is 36.5 Å². The summed E-state index contributed by atoms with van der Waals surface area (Å²) in [6.07, 6.45) is 1.73. The molecular formula is C19H23FN2O4. The van der Waals surface area contributed by atoms with Gasteiger partial charge in [0.1, 0.15) is 11.5 Å². The van der Waals surface area contributed by atoms with Gasteiger partial charge in [-0.1, -0.05) is 12.1 Å². The molecule has 1 N–H and O–H groups in total. The molecule has 1 aromatic carbocycles. The van der Waals surface area contributed by atoms with Crippen LogP contribution >= 0.6 is 0 Å². The molecule has 1 unspecified atom stereocenters. The summed E-state index contributed by atoms with van der Waals surface area (Å²) in [4.78, 5) is 29.0. The molecule has 0 aromatic heterocycles. The molecule has 0 saturated carbocycles. The first kappa shape index (κ1) is 18.5. The number of aliphatic hydroxyl groups excluding tert-OH is 1. The minimum atomic E-state index is -0.401. The zero-order chi connectivity index (χ0) is 18.7. The van der Waals surface area contributed by atoms with Crippen LogP contribution in [0.5, 0.6) is 0 Å². The summed E-state index contributed by atoms with van der Waals surface area (Å²) >= 11 is 0. The molecule has 0 aliphatic carbocycles. The second kappa shape index (κ2) is 7.97. The summed E-state index contributed by atoms with van der Waals surface area (Å²) in [7, 11) is 1.51. The molecule has 3 rings (SSSR count). The van der Waals surface area contributed by atoms with Crippen molar-refractivity contribution < 1.29 is 23.8 Å². The predicted molar refractivity (Wildman–Crippen MR) is 93.3 cm³/mol. The van der Waals surface area contributed by atoms with E-state index in [2.05, 4.69) is 0 Å². The topological polar surface area (TPSA) is 70.1 Å². The molecule has 0 bridgehead atoms. The van der Waals surface area contributed by atoms with Crippen molar-refractivity contribution in [3.63, 3.8) is 0 Å². The van der Waals surface area contributed by atoms with Gasteiger partial charge in [-0.15, -0.1) is 0 Å². The number of imide groups is 1. The second-order valence-corrected chi connectivity index (χ2v) is 6.62. The zero-order valence-electron chi connectivity index (χ0n) is 14.8. The van der Waals surface area contributed by atoms with E-state index in [9.17, 15) is 19.1 Å². The second-order valence-electron chi connectivity index (χ2n) is 6.62. The molecule has 6 nitrogen and oxygen atoms in total. The maximum Gasteiger partial charge on any atom is 0.277 e. The van der Waals surface area contributed by atoms with Crippen molar-refractivity contribution in [2.75, 3.05) is 40.0 Å².